The largest absolute Gasteiger partial charge is 0.489 e. The summed E-state index contributed by atoms with van der Waals surface area (Å²) >= 11 is 2.80. The van der Waals surface area contributed by atoms with Gasteiger partial charge in [-0.15, -0.1) is 11.3 Å². The van der Waals surface area contributed by atoms with Gasteiger partial charge >= 0.3 is 5.97 Å². The molecule has 0 radical (unpaired) electrons. The summed E-state index contributed by atoms with van der Waals surface area (Å²) in [7, 11) is 1.34. The Balaban J connectivity index is 1.48. The number of fused-ring (bicyclic) bond motifs is 1. The lowest BCUT2D eigenvalue weighted by Crippen LogP contribution is -2.39. The number of thiophene rings is 1. The first kappa shape index (κ1) is 23.0. The lowest BCUT2D eigenvalue weighted by atomic mass is 10.0. The highest BCUT2D eigenvalue weighted by Gasteiger charge is 2.33. The second-order valence-corrected chi connectivity index (χ2v) is 9.92. The zero-order valence-corrected chi connectivity index (χ0v) is 20.8. The third-order valence-corrected chi connectivity index (χ3v) is 7.57. The van der Waals surface area contributed by atoms with Gasteiger partial charge in [-0.3, -0.25) is 9.36 Å². The molecule has 1 aliphatic rings. The second-order valence-electron chi connectivity index (χ2n) is 7.93. The normalized spacial score (nSPS) is 15.5. The van der Waals surface area contributed by atoms with Gasteiger partial charge in [0.15, 0.2) is 4.80 Å². The van der Waals surface area contributed by atoms with E-state index in [2.05, 4.69) is 4.99 Å². The van der Waals surface area contributed by atoms with E-state index in [-0.39, 0.29) is 5.56 Å². The van der Waals surface area contributed by atoms with E-state index in [9.17, 15) is 9.59 Å². The summed E-state index contributed by atoms with van der Waals surface area (Å²) in [5, 5.41) is 1.93. The van der Waals surface area contributed by atoms with Gasteiger partial charge in [-0.25, -0.2) is 9.79 Å². The molecule has 0 saturated carbocycles. The van der Waals surface area contributed by atoms with E-state index < -0.39 is 12.0 Å². The highest BCUT2D eigenvalue weighted by atomic mass is 32.1. The average Bonchev–Trinajstić information content (AvgIpc) is 3.52. The Hall–Kier alpha value is -3.75. The van der Waals surface area contributed by atoms with Crippen LogP contribution in [0.25, 0.3) is 6.08 Å². The summed E-state index contributed by atoms with van der Waals surface area (Å²) in [6.07, 6.45) is 1.84. The van der Waals surface area contributed by atoms with Gasteiger partial charge in [0, 0.05) is 4.88 Å². The Morgan fingerprint density at radius 2 is 1.86 bits per heavy atom. The minimum atomic E-state index is -0.561. The number of ether oxygens (including phenoxy) is 2. The van der Waals surface area contributed by atoms with Crippen LogP contribution in [0, 0.1) is 0 Å². The lowest BCUT2D eigenvalue weighted by Gasteiger charge is -2.22. The number of carbonyl (C=O) groups is 1. The van der Waals surface area contributed by atoms with Crippen LogP contribution in [0.1, 0.15) is 29.0 Å². The van der Waals surface area contributed by atoms with Gasteiger partial charge in [-0.1, -0.05) is 59.9 Å². The standard InChI is InChI=1S/C27H22N2O4S2/c1-17-23(26(31)32-2)24(21-9-6-14-34-21)29-25(30)22(35-27(29)28-17)15-18-10-12-20(13-11-18)33-16-19-7-4-3-5-8-19/h3-15,24H,16H2,1-2H3/t24-/m0/s1. The Bertz CT molecular complexity index is 1560. The number of esters is 1. The zero-order chi connectivity index (χ0) is 24.4. The number of carbonyl (C=O) groups excluding carboxylic acids is 1. The fourth-order valence-corrected chi connectivity index (χ4v) is 5.83. The van der Waals surface area contributed by atoms with Crippen molar-refractivity contribution in [3.63, 3.8) is 0 Å². The van der Waals surface area contributed by atoms with Gasteiger partial charge in [-0.05, 0) is 47.7 Å². The molecule has 8 heteroatoms. The molecule has 0 saturated heterocycles. The molecule has 6 nitrogen and oxygen atoms in total. The highest BCUT2D eigenvalue weighted by Crippen LogP contribution is 2.33. The molecule has 2 aromatic carbocycles. The van der Waals surface area contributed by atoms with Crippen LogP contribution in [0.3, 0.4) is 0 Å². The van der Waals surface area contributed by atoms with Crippen molar-refractivity contribution in [3.05, 3.63) is 119 Å². The van der Waals surface area contributed by atoms with Gasteiger partial charge < -0.3 is 9.47 Å². The van der Waals surface area contributed by atoms with Crippen molar-refractivity contribution in [1.82, 2.24) is 4.57 Å². The van der Waals surface area contributed by atoms with Crippen molar-refractivity contribution in [2.75, 3.05) is 7.11 Å². The Kier molecular flexibility index (Phi) is 6.48. The monoisotopic (exact) mass is 502 g/mol. The number of thiazole rings is 1. The number of benzene rings is 2. The van der Waals surface area contributed by atoms with Crippen molar-refractivity contribution in [2.24, 2.45) is 4.99 Å². The van der Waals surface area contributed by atoms with E-state index in [1.165, 1.54) is 29.8 Å². The van der Waals surface area contributed by atoms with Crippen LogP contribution in [0.5, 0.6) is 5.75 Å². The SMILES string of the molecule is COC(=O)C1=C(C)N=c2sc(=Cc3ccc(OCc4ccccc4)cc3)c(=O)n2[C@H]1c1cccs1. The van der Waals surface area contributed by atoms with Crippen LogP contribution in [-0.4, -0.2) is 17.6 Å². The van der Waals surface area contributed by atoms with E-state index >= 15 is 0 Å². The number of hydrogen-bond donors (Lipinski definition) is 0. The lowest BCUT2D eigenvalue weighted by molar-refractivity contribution is -0.136. The van der Waals surface area contributed by atoms with Crippen molar-refractivity contribution in [1.29, 1.82) is 0 Å². The highest BCUT2D eigenvalue weighted by molar-refractivity contribution is 7.10. The quantitative estimate of drug-likeness (QED) is 0.373. The second kappa shape index (κ2) is 9.85. The number of methoxy groups -OCH3 is 1. The maximum atomic E-state index is 13.5. The first-order valence-electron chi connectivity index (χ1n) is 11.0. The van der Waals surface area contributed by atoms with E-state index in [1.807, 2.05) is 78.2 Å². The Morgan fingerprint density at radius 1 is 1.09 bits per heavy atom. The van der Waals surface area contributed by atoms with E-state index in [0.717, 1.165) is 21.8 Å². The zero-order valence-electron chi connectivity index (χ0n) is 19.1. The van der Waals surface area contributed by atoms with Crippen molar-refractivity contribution in [2.45, 2.75) is 19.6 Å². The van der Waals surface area contributed by atoms with Crippen LogP contribution in [0.4, 0.5) is 0 Å². The molecule has 0 fully saturated rings. The number of allylic oxidation sites excluding steroid dienone is 1. The molecule has 4 aromatic rings. The molecule has 3 heterocycles. The Labute approximate surface area is 209 Å². The van der Waals surface area contributed by atoms with Crippen molar-refractivity contribution >= 4 is 34.7 Å². The number of nitrogens with zero attached hydrogens (tertiary/aromatic N) is 2. The summed E-state index contributed by atoms with van der Waals surface area (Å²) in [6.45, 7) is 2.27. The fourth-order valence-electron chi connectivity index (χ4n) is 3.96. The minimum Gasteiger partial charge on any atom is -0.489 e. The molecule has 0 aliphatic carbocycles. The van der Waals surface area contributed by atoms with Gasteiger partial charge in [0.1, 0.15) is 18.4 Å². The fraction of sp³-hybridized carbons (Fsp3) is 0.148. The molecule has 0 N–H and O–H groups in total. The molecule has 1 aliphatic heterocycles. The third kappa shape index (κ3) is 4.62. The number of aromatic nitrogens is 1. The number of hydrogen-bond acceptors (Lipinski definition) is 7. The molecule has 0 amide bonds. The Morgan fingerprint density at radius 3 is 2.54 bits per heavy atom. The molecule has 176 valence electrons. The molecular formula is C27H22N2O4S2. The topological polar surface area (TPSA) is 69.9 Å². The molecule has 0 spiro atoms. The van der Waals surface area contributed by atoms with E-state index in [0.29, 0.717) is 27.2 Å². The van der Waals surface area contributed by atoms with Crippen LogP contribution in [-0.2, 0) is 16.1 Å². The van der Waals surface area contributed by atoms with Gasteiger partial charge in [0.05, 0.1) is 22.9 Å². The first-order valence-corrected chi connectivity index (χ1v) is 12.7. The van der Waals surface area contributed by atoms with Gasteiger partial charge in [-0.2, -0.15) is 0 Å². The van der Waals surface area contributed by atoms with Gasteiger partial charge in [0.2, 0.25) is 0 Å². The van der Waals surface area contributed by atoms with Crippen LogP contribution < -0.4 is 19.6 Å². The first-order chi connectivity index (χ1) is 17.0. The predicted octanol–water partition coefficient (Wildman–Crippen LogP) is 4.05. The van der Waals surface area contributed by atoms with E-state index in [4.69, 9.17) is 9.47 Å². The maximum absolute atomic E-state index is 13.5. The van der Waals surface area contributed by atoms with Crippen LogP contribution in [0.2, 0.25) is 0 Å². The summed E-state index contributed by atoms with van der Waals surface area (Å²) in [6, 6.07) is 20.9. The van der Waals surface area contributed by atoms with E-state index in [1.54, 1.807) is 11.5 Å². The van der Waals surface area contributed by atoms with Gasteiger partial charge in [0.25, 0.3) is 5.56 Å². The number of rotatable bonds is 6. The van der Waals surface area contributed by atoms with Crippen LogP contribution in [0.15, 0.2) is 93.2 Å². The average molecular weight is 503 g/mol. The minimum absolute atomic E-state index is 0.189. The summed E-state index contributed by atoms with van der Waals surface area (Å²) in [5.41, 5.74) is 2.72. The predicted molar refractivity (Wildman–Crippen MR) is 137 cm³/mol. The third-order valence-electron chi connectivity index (χ3n) is 5.67. The van der Waals surface area contributed by atoms with Crippen molar-refractivity contribution < 1.29 is 14.3 Å². The molecule has 0 unspecified atom stereocenters. The summed E-state index contributed by atoms with van der Waals surface area (Å²) in [4.78, 5) is 32.1. The molecular weight excluding hydrogens is 480 g/mol. The van der Waals surface area contributed by atoms with Crippen LogP contribution >= 0.6 is 22.7 Å². The maximum Gasteiger partial charge on any atom is 0.338 e. The molecule has 0 bridgehead atoms. The summed E-state index contributed by atoms with van der Waals surface area (Å²) in [5.74, 6) is 0.272. The van der Waals surface area contributed by atoms with Crippen molar-refractivity contribution in [3.8, 4) is 5.75 Å². The smallest absolute Gasteiger partial charge is 0.338 e. The molecule has 2 aromatic heterocycles. The molecule has 5 rings (SSSR count). The summed E-state index contributed by atoms with van der Waals surface area (Å²) < 4.78 is 13.0. The molecule has 35 heavy (non-hydrogen) atoms. The molecule has 1 atom stereocenters.